The van der Waals surface area contributed by atoms with E-state index in [2.05, 4.69) is 10.6 Å². The third-order valence-corrected chi connectivity index (χ3v) is 9.20. The molecule has 1 saturated carbocycles. The van der Waals surface area contributed by atoms with E-state index in [-0.39, 0.29) is 28.5 Å². The lowest BCUT2D eigenvalue weighted by Crippen LogP contribution is -2.36. The normalized spacial score (nSPS) is 15.3. The zero-order valence-electron chi connectivity index (χ0n) is 20.7. The molecule has 0 atom stereocenters. The molecule has 35 heavy (non-hydrogen) atoms. The second kappa shape index (κ2) is 12.6. The Morgan fingerprint density at radius 1 is 1.00 bits per heavy atom. The van der Waals surface area contributed by atoms with E-state index in [1.165, 1.54) is 51.2 Å². The molecule has 2 N–H and O–H groups in total. The van der Waals surface area contributed by atoms with Crippen LogP contribution < -0.4 is 10.6 Å². The lowest BCUT2D eigenvalue weighted by molar-refractivity contribution is -0.119. The maximum absolute atomic E-state index is 13.1. The number of sulfonamides is 1. The summed E-state index contributed by atoms with van der Waals surface area (Å²) in [7, 11) is -0.694. The van der Waals surface area contributed by atoms with E-state index in [1.54, 1.807) is 31.2 Å². The van der Waals surface area contributed by atoms with Gasteiger partial charge in [0.15, 0.2) is 0 Å². The summed E-state index contributed by atoms with van der Waals surface area (Å²) in [6, 6.07) is 12.2. The van der Waals surface area contributed by atoms with Crippen molar-refractivity contribution in [3.05, 3.63) is 53.6 Å². The molecule has 0 aliphatic heterocycles. The molecule has 0 spiro atoms. The highest BCUT2D eigenvalue weighted by Gasteiger charge is 2.21. The van der Waals surface area contributed by atoms with Crippen LogP contribution in [0.15, 0.2) is 52.3 Å². The van der Waals surface area contributed by atoms with Crippen LogP contribution in [0.25, 0.3) is 0 Å². The third-order valence-electron chi connectivity index (χ3n) is 6.17. The van der Waals surface area contributed by atoms with Gasteiger partial charge in [-0.3, -0.25) is 9.59 Å². The van der Waals surface area contributed by atoms with Gasteiger partial charge in [0.25, 0.3) is 5.91 Å². The van der Waals surface area contributed by atoms with E-state index < -0.39 is 10.0 Å². The fourth-order valence-corrected chi connectivity index (χ4v) is 6.15. The molecule has 2 amide bonds. The van der Waals surface area contributed by atoms with Crippen molar-refractivity contribution in [2.24, 2.45) is 0 Å². The summed E-state index contributed by atoms with van der Waals surface area (Å²) in [4.78, 5) is 26.5. The van der Waals surface area contributed by atoms with Crippen molar-refractivity contribution < 1.29 is 18.0 Å². The van der Waals surface area contributed by atoms with Gasteiger partial charge in [-0.15, -0.1) is 11.8 Å². The van der Waals surface area contributed by atoms with Crippen LogP contribution in [-0.4, -0.2) is 50.4 Å². The fraction of sp³-hybridized carbons (Fsp3) is 0.462. The Morgan fingerprint density at radius 3 is 2.34 bits per heavy atom. The smallest absolute Gasteiger partial charge is 0.256 e. The Hall–Kier alpha value is -2.36. The molecule has 1 aliphatic rings. The van der Waals surface area contributed by atoms with E-state index in [9.17, 15) is 18.0 Å². The Bertz CT molecular complexity index is 1140. The first-order valence-electron chi connectivity index (χ1n) is 12.0. The summed E-state index contributed by atoms with van der Waals surface area (Å²) in [6.45, 7) is 1.72. The van der Waals surface area contributed by atoms with Crippen molar-refractivity contribution >= 4 is 39.3 Å². The van der Waals surface area contributed by atoms with Crippen LogP contribution in [0.4, 0.5) is 5.69 Å². The van der Waals surface area contributed by atoms with Crippen LogP contribution in [0.3, 0.4) is 0 Å². The molecular weight excluding hydrogens is 482 g/mol. The first-order chi connectivity index (χ1) is 16.7. The average Bonchev–Trinajstić information content (AvgIpc) is 2.80. The Balaban J connectivity index is 1.66. The first-order valence-corrected chi connectivity index (χ1v) is 14.5. The number of nitrogens with zero attached hydrogens (tertiary/aromatic N) is 1. The topological polar surface area (TPSA) is 95.6 Å². The van der Waals surface area contributed by atoms with Gasteiger partial charge < -0.3 is 10.6 Å². The van der Waals surface area contributed by atoms with Gasteiger partial charge >= 0.3 is 0 Å². The molecule has 3 rings (SSSR count). The van der Waals surface area contributed by atoms with Crippen LogP contribution in [0.1, 0.15) is 60.9 Å². The molecule has 2 aromatic carbocycles. The van der Waals surface area contributed by atoms with Crippen molar-refractivity contribution in [2.45, 2.75) is 67.7 Å². The summed E-state index contributed by atoms with van der Waals surface area (Å²) >= 11 is 1.33. The SMILES string of the molecule is Cc1ccc(NC(=O)c2ccccc2SCC(=O)NC2CCCCCCC2)cc1S(=O)(=O)N(C)C. The number of nitrogens with one attached hydrogen (secondary N) is 2. The summed E-state index contributed by atoms with van der Waals surface area (Å²) in [5, 5.41) is 5.97. The zero-order chi connectivity index (χ0) is 25.4. The summed E-state index contributed by atoms with van der Waals surface area (Å²) in [5.74, 6) is -0.144. The van der Waals surface area contributed by atoms with Gasteiger partial charge in [0.1, 0.15) is 0 Å². The molecule has 0 radical (unpaired) electrons. The van der Waals surface area contributed by atoms with E-state index in [0.717, 1.165) is 30.0 Å². The Kier molecular flexibility index (Phi) is 9.77. The maximum Gasteiger partial charge on any atom is 0.256 e. The number of thioether (sulfide) groups is 1. The van der Waals surface area contributed by atoms with Crippen molar-refractivity contribution in [2.75, 3.05) is 25.2 Å². The Morgan fingerprint density at radius 2 is 1.66 bits per heavy atom. The standard InChI is InChI=1S/C26H35N3O4S2/c1-19-15-16-21(17-24(19)35(32,33)29(2)3)28-26(31)22-13-9-10-14-23(22)34-18-25(30)27-20-11-7-5-4-6-8-12-20/h9-10,13-17,20H,4-8,11-12,18H2,1-3H3,(H,27,30)(H,28,31). The lowest BCUT2D eigenvalue weighted by atomic mass is 9.97. The number of aryl methyl sites for hydroxylation is 1. The van der Waals surface area contributed by atoms with Crippen molar-refractivity contribution in [3.8, 4) is 0 Å². The number of hydrogen-bond acceptors (Lipinski definition) is 5. The van der Waals surface area contributed by atoms with Crippen LogP contribution in [0, 0.1) is 6.92 Å². The number of anilines is 1. The molecule has 0 unspecified atom stereocenters. The highest BCUT2D eigenvalue weighted by Crippen LogP contribution is 2.26. The van der Waals surface area contributed by atoms with Gasteiger partial charge in [-0.05, 0) is 49.6 Å². The van der Waals surface area contributed by atoms with Gasteiger partial charge in [-0.1, -0.05) is 50.3 Å². The predicted octanol–water partition coefficient (Wildman–Crippen LogP) is 4.82. The summed E-state index contributed by atoms with van der Waals surface area (Å²) in [5.41, 5.74) is 1.43. The molecule has 2 aromatic rings. The maximum atomic E-state index is 13.1. The first kappa shape index (κ1) is 27.2. The van der Waals surface area contributed by atoms with Crippen LogP contribution in [0.2, 0.25) is 0 Å². The molecular formula is C26H35N3O4S2. The van der Waals surface area contributed by atoms with Gasteiger partial charge in [0, 0.05) is 30.7 Å². The number of carbonyl (C=O) groups excluding carboxylic acids is 2. The minimum absolute atomic E-state index is 0.0205. The molecule has 1 fully saturated rings. The quantitative estimate of drug-likeness (QED) is 0.490. The molecule has 0 saturated heterocycles. The van der Waals surface area contributed by atoms with Crippen molar-refractivity contribution in [1.29, 1.82) is 0 Å². The van der Waals surface area contributed by atoms with Gasteiger partial charge in [-0.25, -0.2) is 12.7 Å². The highest BCUT2D eigenvalue weighted by atomic mass is 32.2. The van der Waals surface area contributed by atoms with E-state index >= 15 is 0 Å². The summed E-state index contributed by atoms with van der Waals surface area (Å²) < 4.78 is 26.4. The van der Waals surface area contributed by atoms with E-state index in [0.29, 0.717) is 21.7 Å². The monoisotopic (exact) mass is 517 g/mol. The fourth-order valence-electron chi connectivity index (χ4n) is 4.14. The average molecular weight is 518 g/mol. The van der Waals surface area contributed by atoms with Crippen molar-refractivity contribution in [3.63, 3.8) is 0 Å². The zero-order valence-corrected chi connectivity index (χ0v) is 22.3. The van der Waals surface area contributed by atoms with Gasteiger partial charge in [-0.2, -0.15) is 0 Å². The summed E-state index contributed by atoms with van der Waals surface area (Å²) in [6.07, 6.45) is 8.09. The molecule has 1 aliphatic carbocycles. The molecule has 0 heterocycles. The third kappa shape index (κ3) is 7.56. The van der Waals surface area contributed by atoms with Crippen LogP contribution in [-0.2, 0) is 14.8 Å². The second-order valence-corrected chi connectivity index (χ2v) is 12.3. The van der Waals surface area contributed by atoms with Crippen molar-refractivity contribution in [1.82, 2.24) is 9.62 Å². The van der Waals surface area contributed by atoms with E-state index in [1.807, 2.05) is 12.1 Å². The van der Waals surface area contributed by atoms with Crippen LogP contribution >= 0.6 is 11.8 Å². The minimum atomic E-state index is -3.64. The number of benzene rings is 2. The number of carbonyl (C=O) groups is 2. The lowest BCUT2D eigenvalue weighted by Gasteiger charge is -2.21. The number of rotatable bonds is 8. The molecule has 0 aromatic heterocycles. The minimum Gasteiger partial charge on any atom is -0.353 e. The highest BCUT2D eigenvalue weighted by molar-refractivity contribution is 8.00. The predicted molar refractivity (Wildman–Crippen MR) is 141 cm³/mol. The molecule has 7 nitrogen and oxygen atoms in total. The Labute approximate surface area is 213 Å². The van der Waals surface area contributed by atoms with Gasteiger partial charge in [0.2, 0.25) is 15.9 Å². The molecule has 9 heteroatoms. The number of amides is 2. The van der Waals surface area contributed by atoms with Crippen LogP contribution in [0.5, 0.6) is 0 Å². The number of hydrogen-bond donors (Lipinski definition) is 2. The largest absolute Gasteiger partial charge is 0.353 e. The van der Waals surface area contributed by atoms with Gasteiger partial charge in [0.05, 0.1) is 16.2 Å². The van der Waals surface area contributed by atoms with E-state index in [4.69, 9.17) is 0 Å². The molecule has 190 valence electrons. The second-order valence-electron chi connectivity index (χ2n) is 9.12. The molecule has 0 bridgehead atoms.